The van der Waals surface area contributed by atoms with Gasteiger partial charge in [0.15, 0.2) is 5.78 Å². The highest BCUT2D eigenvalue weighted by Crippen LogP contribution is 2.31. The number of carbonyl (C=O) groups excluding carboxylic acids is 4. The van der Waals surface area contributed by atoms with Gasteiger partial charge in [-0.1, -0.05) is 0 Å². The lowest BCUT2D eigenvalue weighted by atomic mass is 9.80. The fourth-order valence-corrected chi connectivity index (χ4v) is 3.94. The Labute approximate surface area is 165 Å². The molecule has 3 amide bonds. The topological polar surface area (TPSA) is 86.8 Å². The molecule has 0 radical (unpaired) electrons. The molecule has 3 rings (SSSR count). The summed E-state index contributed by atoms with van der Waals surface area (Å²) in [6.45, 7) is 3.88. The number of Topliss-reactive ketones (excluding diaryl/α,β-unsaturated/α-hetero) is 1. The number of benzene rings is 1. The summed E-state index contributed by atoms with van der Waals surface area (Å²) in [4.78, 5) is 50.9. The van der Waals surface area contributed by atoms with E-state index in [1.165, 1.54) is 6.92 Å². The van der Waals surface area contributed by atoms with Crippen molar-refractivity contribution in [1.29, 1.82) is 0 Å². The molecule has 2 aliphatic rings. The van der Waals surface area contributed by atoms with E-state index in [0.717, 1.165) is 6.41 Å². The van der Waals surface area contributed by atoms with Crippen LogP contribution in [-0.2, 0) is 14.4 Å². The number of carbonyl (C=O) groups is 4. The van der Waals surface area contributed by atoms with E-state index in [1.807, 2.05) is 4.90 Å². The number of nitrogens with one attached hydrogen (secondary N) is 1. The maximum atomic E-state index is 12.7. The van der Waals surface area contributed by atoms with Gasteiger partial charge in [-0.05, 0) is 56.9 Å². The van der Waals surface area contributed by atoms with Gasteiger partial charge in [0.1, 0.15) is 0 Å². The van der Waals surface area contributed by atoms with Crippen LogP contribution in [0.1, 0.15) is 43.0 Å². The van der Waals surface area contributed by atoms with Crippen molar-refractivity contribution in [2.75, 3.05) is 31.5 Å². The number of piperazine rings is 1. The summed E-state index contributed by atoms with van der Waals surface area (Å²) >= 11 is 0. The monoisotopic (exact) mass is 385 g/mol. The van der Waals surface area contributed by atoms with Crippen LogP contribution in [0.3, 0.4) is 0 Å². The first-order valence-corrected chi connectivity index (χ1v) is 9.88. The molecule has 0 spiro atoms. The van der Waals surface area contributed by atoms with Gasteiger partial charge in [-0.2, -0.15) is 0 Å². The first-order valence-electron chi connectivity index (χ1n) is 9.88. The van der Waals surface area contributed by atoms with Gasteiger partial charge in [-0.15, -0.1) is 0 Å². The second-order valence-corrected chi connectivity index (χ2v) is 7.64. The molecule has 1 aromatic carbocycles. The molecule has 1 aliphatic carbocycles. The Bertz CT molecular complexity index is 731. The zero-order chi connectivity index (χ0) is 20.1. The lowest BCUT2D eigenvalue weighted by molar-refractivity contribution is -0.140. The summed E-state index contributed by atoms with van der Waals surface area (Å²) in [6, 6.07) is 6.89. The minimum absolute atomic E-state index is 0.00608. The van der Waals surface area contributed by atoms with Gasteiger partial charge in [0.2, 0.25) is 18.2 Å². The quantitative estimate of drug-likeness (QED) is 0.620. The van der Waals surface area contributed by atoms with E-state index in [2.05, 4.69) is 5.32 Å². The molecule has 1 saturated carbocycles. The molecule has 7 nitrogen and oxygen atoms in total. The highest BCUT2D eigenvalue weighted by Gasteiger charge is 2.33. The highest BCUT2D eigenvalue weighted by atomic mass is 16.2. The summed E-state index contributed by atoms with van der Waals surface area (Å²) in [5.74, 6) is 0.00358. The van der Waals surface area contributed by atoms with E-state index < -0.39 is 0 Å². The SMILES string of the molecule is CC(=O)c1ccc(NC(=O)C2CCC(C(=O)N3CCN(C=O)CC3)CC2)cc1. The van der Waals surface area contributed by atoms with Gasteiger partial charge >= 0.3 is 0 Å². The van der Waals surface area contributed by atoms with Crippen LogP contribution in [0.2, 0.25) is 0 Å². The Morgan fingerprint density at radius 2 is 1.50 bits per heavy atom. The number of hydrogen-bond acceptors (Lipinski definition) is 4. The molecular formula is C21H27N3O4. The number of hydrogen-bond donors (Lipinski definition) is 1. The summed E-state index contributed by atoms with van der Waals surface area (Å²) in [6.07, 6.45) is 3.66. The fraction of sp³-hybridized carbons (Fsp3) is 0.524. The largest absolute Gasteiger partial charge is 0.342 e. The molecule has 1 saturated heterocycles. The molecule has 7 heteroatoms. The Hall–Kier alpha value is -2.70. The van der Waals surface area contributed by atoms with E-state index in [4.69, 9.17) is 0 Å². The third-order valence-electron chi connectivity index (χ3n) is 5.78. The minimum atomic E-state index is -0.0940. The maximum Gasteiger partial charge on any atom is 0.227 e. The van der Waals surface area contributed by atoms with Gasteiger partial charge in [0, 0.05) is 49.3 Å². The third-order valence-corrected chi connectivity index (χ3v) is 5.78. The van der Waals surface area contributed by atoms with Crippen molar-refractivity contribution in [2.24, 2.45) is 11.8 Å². The molecule has 0 aromatic heterocycles. The Balaban J connectivity index is 1.46. The molecule has 28 heavy (non-hydrogen) atoms. The van der Waals surface area contributed by atoms with E-state index in [9.17, 15) is 19.2 Å². The van der Waals surface area contributed by atoms with Gasteiger partial charge in [0.05, 0.1) is 0 Å². The molecule has 1 aliphatic heterocycles. The van der Waals surface area contributed by atoms with E-state index in [-0.39, 0.29) is 29.4 Å². The molecule has 0 atom stereocenters. The molecule has 0 bridgehead atoms. The van der Waals surface area contributed by atoms with E-state index in [1.54, 1.807) is 29.2 Å². The second-order valence-electron chi connectivity index (χ2n) is 7.64. The molecule has 1 heterocycles. The van der Waals surface area contributed by atoms with Gasteiger partial charge in [-0.25, -0.2) is 0 Å². The molecule has 1 aromatic rings. The Kier molecular flexibility index (Phi) is 6.44. The lowest BCUT2D eigenvalue weighted by Gasteiger charge is -2.36. The number of anilines is 1. The molecule has 150 valence electrons. The van der Waals surface area contributed by atoms with Crippen molar-refractivity contribution in [3.05, 3.63) is 29.8 Å². The zero-order valence-electron chi connectivity index (χ0n) is 16.2. The van der Waals surface area contributed by atoms with Crippen molar-refractivity contribution in [1.82, 2.24) is 9.80 Å². The molecule has 0 unspecified atom stereocenters. The standard InChI is InChI=1S/C21H27N3O4/c1-15(26)16-6-8-19(9-7-16)22-20(27)17-2-4-18(5-3-17)21(28)24-12-10-23(14-25)11-13-24/h6-9,14,17-18H,2-5,10-13H2,1H3,(H,22,27). The van der Waals surface area contributed by atoms with E-state index in [0.29, 0.717) is 63.1 Å². The zero-order valence-corrected chi connectivity index (χ0v) is 16.2. The van der Waals surface area contributed by atoms with Crippen LogP contribution < -0.4 is 5.32 Å². The third kappa shape index (κ3) is 4.77. The predicted molar refractivity (Wildman–Crippen MR) is 105 cm³/mol. The molecular weight excluding hydrogens is 358 g/mol. The maximum absolute atomic E-state index is 12.7. The van der Waals surface area contributed by atoms with Crippen LogP contribution in [0.25, 0.3) is 0 Å². The predicted octanol–water partition coefficient (Wildman–Crippen LogP) is 1.93. The number of nitrogens with zero attached hydrogens (tertiary/aromatic N) is 2. The van der Waals surface area contributed by atoms with Crippen LogP contribution >= 0.6 is 0 Å². The molecule has 2 fully saturated rings. The first-order chi connectivity index (χ1) is 13.5. The van der Waals surface area contributed by atoms with Crippen molar-refractivity contribution in [2.45, 2.75) is 32.6 Å². The summed E-state index contributed by atoms with van der Waals surface area (Å²) < 4.78 is 0. The van der Waals surface area contributed by atoms with E-state index >= 15 is 0 Å². The average Bonchev–Trinajstić information content (AvgIpc) is 2.73. The van der Waals surface area contributed by atoms with Crippen LogP contribution in [0, 0.1) is 11.8 Å². The van der Waals surface area contributed by atoms with Crippen LogP contribution in [-0.4, -0.2) is 60.0 Å². The van der Waals surface area contributed by atoms with Gasteiger partial charge in [-0.3, -0.25) is 19.2 Å². The van der Waals surface area contributed by atoms with Crippen LogP contribution in [0.5, 0.6) is 0 Å². The Morgan fingerprint density at radius 3 is 2.04 bits per heavy atom. The number of ketones is 1. The normalized spacial score (nSPS) is 22.5. The van der Waals surface area contributed by atoms with Crippen molar-refractivity contribution >= 4 is 29.7 Å². The molecule has 1 N–H and O–H groups in total. The van der Waals surface area contributed by atoms with Gasteiger partial charge < -0.3 is 15.1 Å². The van der Waals surface area contributed by atoms with Crippen molar-refractivity contribution < 1.29 is 19.2 Å². The smallest absolute Gasteiger partial charge is 0.227 e. The fourth-order valence-electron chi connectivity index (χ4n) is 3.94. The summed E-state index contributed by atoms with van der Waals surface area (Å²) in [7, 11) is 0. The average molecular weight is 385 g/mol. The minimum Gasteiger partial charge on any atom is -0.342 e. The lowest BCUT2D eigenvalue weighted by Crippen LogP contribution is -2.50. The van der Waals surface area contributed by atoms with Gasteiger partial charge in [0.25, 0.3) is 0 Å². The van der Waals surface area contributed by atoms with Crippen LogP contribution in [0.4, 0.5) is 5.69 Å². The Morgan fingerprint density at radius 1 is 0.929 bits per heavy atom. The number of amides is 3. The van der Waals surface area contributed by atoms with Crippen LogP contribution in [0.15, 0.2) is 24.3 Å². The second kappa shape index (κ2) is 8.99. The summed E-state index contributed by atoms with van der Waals surface area (Å²) in [5, 5.41) is 2.91. The van der Waals surface area contributed by atoms with Crippen molar-refractivity contribution in [3.8, 4) is 0 Å². The summed E-state index contributed by atoms with van der Waals surface area (Å²) in [5.41, 5.74) is 1.30. The highest BCUT2D eigenvalue weighted by molar-refractivity contribution is 5.96. The number of rotatable bonds is 5. The van der Waals surface area contributed by atoms with Crippen molar-refractivity contribution in [3.63, 3.8) is 0 Å². The first kappa shape index (κ1) is 20.0.